The normalized spacial score (nSPS) is 18.8. The molecule has 1 aromatic rings. The largest absolute Gasteiger partial charge is 0.356 e. The number of nitrogens with zero attached hydrogens (tertiary/aromatic N) is 4. The van der Waals surface area contributed by atoms with E-state index in [1.807, 2.05) is 17.0 Å². The summed E-state index contributed by atoms with van der Waals surface area (Å²) in [5, 5.41) is 12.0. The molecular formula is C13H17N5O. The maximum Gasteiger partial charge on any atom is 0.246 e. The lowest BCUT2D eigenvalue weighted by atomic mass is 10.1. The highest BCUT2D eigenvalue weighted by molar-refractivity contribution is 5.85. The third-order valence-electron chi connectivity index (χ3n) is 3.16. The van der Waals surface area contributed by atoms with Crippen molar-refractivity contribution in [1.82, 2.24) is 15.2 Å². The van der Waals surface area contributed by atoms with Crippen molar-refractivity contribution < 1.29 is 4.79 Å². The molecular weight excluding hydrogens is 242 g/mol. The zero-order chi connectivity index (χ0) is 13.8. The highest BCUT2D eigenvalue weighted by Crippen LogP contribution is 2.18. The van der Waals surface area contributed by atoms with E-state index in [0.717, 1.165) is 18.8 Å². The second-order valence-electron chi connectivity index (χ2n) is 4.66. The fraction of sp³-hybridized carbons (Fsp3) is 0.462. The van der Waals surface area contributed by atoms with E-state index < -0.39 is 0 Å². The summed E-state index contributed by atoms with van der Waals surface area (Å²) >= 11 is 0. The van der Waals surface area contributed by atoms with Crippen LogP contribution in [0, 0.1) is 11.3 Å². The molecule has 0 aliphatic carbocycles. The quantitative estimate of drug-likeness (QED) is 0.797. The lowest BCUT2D eigenvalue weighted by Crippen LogP contribution is -2.57. The van der Waals surface area contributed by atoms with Crippen molar-refractivity contribution in [2.75, 3.05) is 38.6 Å². The molecule has 1 N–H and O–H groups in total. The molecule has 0 radical (unpaired) electrons. The molecule has 6 heteroatoms. The molecule has 1 aliphatic heterocycles. The van der Waals surface area contributed by atoms with Gasteiger partial charge in [0.05, 0.1) is 11.9 Å². The molecule has 100 valence electrons. The first-order valence-corrected chi connectivity index (χ1v) is 6.18. The highest BCUT2D eigenvalue weighted by atomic mass is 16.2. The van der Waals surface area contributed by atoms with Gasteiger partial charge in [-0.2, -0.15) is 5.26 Å². The minimum absolute atomic E-state index is 0.0663. The molecule has 0 bridgehead atoms. The summed E-state index contributed by atoms with van der Waals surface area (Å²) in [5.41, 5.74) is 1.26. The summed E-state index contributed by atoms with van der Waals surface area (Å²) in [6, 6.07) is 5.28. The van der Waals surface area contributed by atoms with Gasteiger partial charge in [0, 0.05) is 33.7 Å². The molecule has 2 rings (SSSR count). The average molecular weight is 259 g/mol. The molecule has 19 heavy (non-hydrogen) atoms. The van der Waals surface area contributed by atoms with E-state index in [9.17, 15) is 4.79 Å². The average Bonchev–Trinajstić information content (AvgIpc) is 2.46. The third-order valence-corrected chi connectivity index (χ3v) is 3.16. The van der Waals surface area contributed by atoms with Gasteiger partial charge in [-0.05, 0) is 12.1 Å². The maximum atomic E-state index is 12.2. The van der Waals surface area contributed by atoms with E-state index in [4.69, 9.17) is 5.26 Å². The van der Waals surface area contributed by atoms with Crippen LogP contribution < -0.4 is 10.2 Å². The lowest BCUT2D eigenvalue weighted by Gasteiger charge is -2.37. The van der Waals surface area contributed by atoms with Crippen molar-refractivity contribution in [2.45, 2.75) is 6.04 Å². The summed E-state index contributed by atoms with van der Waals surface area (Å²) in [5.74, 6) is 0.0663. The van der Waals surface area contributed by atoms with Crippen LogP contribution in [0.15, 0.2) is 18.3 Å². The summed E-state index contributed by atoms with van der Waals surface area (Å²) in [6.45, 7) is 2.20. The number of carbonyl (C=O) groups excluding carboxylic acids is 1. The van der Waals surface area contributed by atoms with Gasteiger partial charge in [-0.15, -0.1) is 0 Å². The van der Waals surface area contributed by atoms with E-state index in [1.165, 1.54) is 0 Å². The van der Waals surface area contributed by atoms with Crippen LogP contribution >= 0.6 is 0 Å². The molecule has 1 amide bonds. The van der Waals surface area contributed by atoms with Gasteiger partial charge in [0.1, 0.15) is 17.8 Å². The number of aromatic nitrogens is 1. The number of amides is 1. The monoisotopic (exact) mass is 259 g/mol. The van der Waals surface area contributed by atoms with Crippen LogP contribution in [0.3, 0.4) is 0 Å². The molecule has 1 aromatic heterocycles. The number of anilines is 1. The minimum atomic E-state index is -0.224. The molecule has 1 aliphatic rings. The molecule has 1 saturated heterocycles. The Morgan fingerprint density at radius 3 is 2.95 bits per heavy atom. The number of piperazine rings is 1. The van der Waals surface area contributed by atoms with Crippen LogP contribution in [0.25, 0.3) is 0 Å². The number of hydrogen-bond donors (Lipinski definition) is 1. The van der Waals surface area contributed by atoms with Crippen LogP contribution in [0.2, 0.25) is 0 Å². The predicted octanol–water partition coefficient (Wildman–Crippen LogP) is -0.180. The Balaban J connectivity index is 2.23. The van der Waals surface area contributed by atoms with E-state index >= 15 is 0 Å². The minimum Gasteiger partial charge on any atom is -0.356 e. The van der Waals surface area contributed by atoms with Crippen LogP contribution in [0.1, 0.15) is 5.69 Å². The Hall–Kier alpha value is -2.13. The smallest absolute Gasteiger partial charge is 0.246 e. The first-order valence-electron chi connectivity index (χ1n) is 6.18. The SMILES string of the molecule is CN(C)C(=O)C1CNCCN1c1ccc(C#N)nc1. The van der Waals surface area contributed by atoms with Crippen molar-refractivity contribution in [3.63, 3.8) is 0 Å². The first-order chi connectivity index (χ1) is 9.13. The number of likely N-dealkylation sites (N-methyl/N-ethyl adjacent to an activating group) is 1. The Labute approximate surface area is 112 Å². The van der Waals surface area contributed by atoms with E-state index in [-0.39, 0.29) is 11.9 Å². The predicted molar refractivity (Wildman–Crippen MR) is 71.6 cm³/mol. The van der Waals surface area contributed by atoms with Crippen LogP contribution in [0.4, 0.5) is 5.69 Å². The number of nitriles is 1. The molecule has 0 saturated carbocycles. The van der Waals surface area contributed by atoms with Gasteiger partial charge in [0.2, 0.25) is 5.91 Å². The number of pyridine rings is 1. The van der Waals surface area contributed by atoms with Crippen LogP contribution in [-0.4, -0.2) is 55.6 Å². The number of rotatable bonds is 2. The molecule has 1 unspecified atom stereocenters. The first kappa shape index (κ1) is 13.3. The highest BCUT2D eigenvalue weighted by Gasteiger charge is 2.29. The van der Waals surface area contributed by atoms with Crippen molar-refractivity contribution >= 4 is 11.6 Å². The fourth-order valence-corrected chi connectivity index (χ4v) is 2.15. The molecule has 1 fully saturated rings. The third kappa shape index (κ3) is 2.83. The Morgan fingerprint density at radius 1 is 1.58 bits per heavy atom. The summed E-state index contributed by atoms with van der Waals surface area (Å²) < 4.78 is 0. The lowest BCUT2D eigenvalue weighted by molar-refractivity contribution is -0.130. The number of carbonyl (C=O) groups is 1. The summed E-state index contributed by atoms with van der Waals surface area (Å²) in [7, 11) is 3.51. The Kier molecular flexibility index (Phi) is 3.97. The topological polar surface area (TPSA) is 72.3 Å². The van der Waals surface area contributed by atoms with Gasteiger partial charge in [-0.3, -0.25) is 4.79 Å². The zero-order valence-corrected chi connectivity index (χ0v) is 11.1. The second kappa shape index (κ2) is 5.67. The maximum absolute atomic E-state index is 12.2. The van der Waals surface area contributed by atoms with Crippen molar-refractivity contribution in [1.29, 1.82) is 5.26 Å². The van der Waals surface area contributed by atoms with Gasteiger partial charge < -0.3 is 15.1 Å². The molecule has 1 atom stereocenters. The second-order valence-corrected chi connectivity index (χ2v) is 4.66. The van der Waals surface area contributed by atoms with Crippen molar-refractivity contribution in [2.24, 2.45) is 0 Å². The summed E-state index contributed by atoms with van der Waals surface area (Å²) in [4.78, 5) is 19.9. The standard InChI is InChI=1S/C13H17N5O/c1-17(2)13(19)12-9-15-5-6-18(12)11-4-3-10(7-14)16-8-11/h3-4,8,12,15H,5-6,9H2,1-2H3. The van der Waals surface area contributed by atoms with Gasteiger partial charge in [0.15, 0.2) is 0 Å². The van der Waals surface area contributed by atoms with Crippen molar-refractivity contribution in [3.8, 4) is 6.07 Å². The Morgan fingerprint density at radius 2 is 2.37 bits per heavy atom. The number of nitrogens with one attached hydrogen (secondary N) is 1. The number of hydrogen-bond acceptors (Lipinski definition) is 5. The molecule has 6 nitrogen and oxygen atoms in total. The van der Waals surface area contributed by atoms with E-state index in [0.29, 0.717) is 12.2 Å². The van der Waals surface area contributed by atoms with E-state index in [1.54, 1.807) is 31.3 Å². The molecule has 0 spiro atoms. The van der Waals surface area contributed by atoms with Crippen molar-refractivity contribution in [3.05, 3.63) is 24.0 Å². The molecule has 2 heterocycles. The fourth-order valence-electron chi connectivity index (χ4n) is 2.15. The van der Waals surface area contributed by atoms with E-state index in [2.05, 4.69) is 10.3 Å². The summed E-state index contributed by atoms with van der Waals surface area (Å²) in [6.07, 6.45) is 1.65. The van der Waals surface area contributed by atoms with Gasteiger partial charge in [-0.1, -0.05) is 0 Å². The Bertz CT molecular complexity index is 491. The van der Waals surface area contributed by atoms with Crippen LogP contribution in [-0.2, 0) is 4.79 Å². The zero-order valence-electron chi connectivity index (χ0n) is 11.1. The van der Waals surface area contributed by atoms with Gasteiger partial charge >= 0.3 is 0 Å². The van der Waals surface area contributed by atoms with Gasteiger partial charge in [-0.25, -0.2) is 4.98 Å². The molecule has 0 aromatic carbocycles. The van der Waals surface area contributed by atoms with Gasteiger partial charge in [0.25, 0.3) is 0 Å². The van der Waals surface area contributed by atoms with Crippen LogP contribution in [0.5, 0.6) is 0 Å².